The Morgan fingerprint density at radius 1 is 1.67 bits per heavy atom. The first-order valence-corrected chi connectivity index (χ1v) is 6.68. The van der Waals surface area contributed by atoms with Gasteiger partial charge in [-0.1, -0.05) is 0 Å². The zero-order valence-electron chi connectivity index (χ0n) is 9.57. The van der Waals surface area contributed by atoms with Gasteiger partial charge in [0, 0.05) is 31.7 Å². The van der Waals surface area contributed by atoms with Crippen LogP contribution < -0.4 is 5.32 Å². The lowest BCUT2D eigenvalue weighted by Crippen LogP contribution is -2.52. The van der Waals surface area contributed by atoms with Crippen molar-refractivity contribution in [2.45, 2.75) is 32.4 Å². The summed E-state index contributed by atoms with van der Waals surface area (Å²) in [6.07, 6.45) is 1.19. The number of nitrogens with one attached hydrogen (secondary N) is 1. The first kappa shape index (κ1) is 11.1. The average molecular weight is 224 g/mol. The third kappa shape index (κ3) is 3.03. The fraction of sp³-hybridized carbons (Fsp3) is 0.667. The predicted octanol–water partition coefficient (Wildman–Crippen LogP) is 1.97. The van der Waals surface area contributed by atoms with Crippen LogP contribution in [0.15, 0.2) is 16.8 Å². The number of rotatable bonds is 3. The Hall–Kier alpha value is -0.380. The van der Waals surface area contributed by atoms with Crippen molar-refractivity contribution in [1.29, 1.82) is 0 Å². The largest absolute Gasteiger partial charge is 0.312 e. The maximum Gasteiger partial charge on any atom is 0.0167 e. The minimum Gasteiger partial charge on any atom is -0.312 e. The van der Waals surface area contributed by atoms with Crippen molar-refractivity contribution < 1.29 is 0 Å². The highest BCUT2D eigenvalue weighted by atomic mass is 32.1. The minimum atomic E-state index is 0.642. The molecule has 2 heterocycles. The van der Waals surface area contributed by atoms with E-state index in [1.807, 2.05) is 0 Å². The molecule has 0 saturated carbocycles. The van der Waals surface area contributed by atoms with Gasteiger partial charge in [0.1, 0.15) is 0 Å². The molecule has 1 aromatic heterocycles. The first-order chi connectivity index (χ1) is 7.25. The molecule has 0 spiro atoms. The van der Waals surface area contributed by atoms with Crippen molar-refractivity contribution in [1.82, 2.24) is 10.2 Å². The van der Waals surface area contributed by atoms with Crippen LogP contribution in [-0.4, -0.2) is 36.6 Å². The predicted molar refractivity (Wildman–Crippen MR) is 66.5 cm³/mol. The highest BCUT2D eigenvalue weighted by Gasteiger charge is 2.20. The summed E-state index contributed by atoms with van der Waals surface area (Å²) >= 11 is 1.80. The summed E-state index contributed by atoms with van der Waals surface area (Å²) in [4.78, 5) is 2.60. The van der Waals surface area contributed by atoms with Crippen molar-refractivity contribution in [3.8, 4) is 0 Å². The molecule has 1 N–H and O–H groups in total. The van der Waals surface area contributed by atoms with Gasteiger partial charge < -0.3 is 5.32 Å². The van der Waals surface area contributed by atoms with E-state index >= 15 is 0 Å². The van der Waals surface area contributed by atoms with Gasteiger partial charge in [-0.3, -0.25) is 4.90 Å². The molecule has 1 aromatic rings. The number of nitrogens with zero attached hydrogens (tertiary/aromatic N) is 1. The maximum absolute atomic E-state index is 3.49. The highest BCUT2D eigenvalue weighted by Crippen LogP contribution is 2.13. The molecule has 0 aliphatic carbocycles. The molecule has 2 nitrogen and oxygen atoms in total. The Bertz CT molecular complexity index is 284. The second-order valence-corrected chi connectivity index (χ2v) is 5.31. The third-order valence-electron chi connectivity index (χ3n) is 3.13. The molecular formula is C12H20N2S. The van der Waals surface area contributed by atoms with Crippen LogP contribution in [0.3, 0.4) is 0 Å². The summed E-state index contributed by atoms with van der Waals surface area (Å²) < 4.78 is 0. The van der Waals surface area contributed by atoms with Crippen molar-refractivity contribution in [3.63, 3.8) is 0 Å². The smallest absolute Gasteiger partial charge is 0.0167 e. The van der Waals surface area contributed by atoms with Crippen LogP contribution in [-0.2, 0) is 6.42 Å². The normalized spacial score (nSPS) is 25.3. The van der Waals surface area contributed by atoms with E-state index in [0.717, 1.165) is 6.54 Å². The summed E-state index contributed by atoms with van der Waals surface area (Å²) in [5.41, 5.74) is 1.48. The van der Waals surface area contributed by atoms with Crippen molar-refractivity contribution in [3.05, 3.63) is 22.4 Å². The number of thiophene rings is 1. The van der Waals surface area contributed by atoms with Crippen LogP contribution in [0.25, 0.3) is 0 Å². The van der Waals surface area contributed by atoms with Crippen LogP contribution in [0.2, 0.25) is 0 Å². The topological polar surface area (TPSA) is 15.3 Å². The van der Waals surface area contributed by atoms with Gasteiger partial charge in [0.15, 0.2) is 0 Å². The molecule has 2 atom stereocenters. The molecule has 1 unspecified atom stereocenters. The Morgan fingerprint density at radius 3 is 3.20 bits per heavy atom. The average Bonchev–Trinajstić information content (AvgIpc) is 2.70. The second-order valence-electron chi connectivity index (χ2n) is 4.53. The number of hydrogen-bond acceptors (Lipinski definition) is 3. The fourth-order valence-corrected chi connectivity index (χ4v) is 2.92. The van der Waals surface area contributed by atoms with Gasteiger partial charge in [0.2, 0.25) is 0 Å². The maximum atomic E-state index is 3.49. The van der Waals surface area contributed by atoms with Crippen LogP contribution in [0, 0.1) is 0 Å². The summed E-state index contributed by atoms with van der Waals surface area (Å²) in [5, 5.41) is 7.92. The molecular weight excluding hydrogens is 204 g/mol. The van der Waals surface area contributed by atoms with Gasteiger partial charge in [-0.25, -0.2) is 0 Å². The molecule has 1 saturated heterocycles. The van der Waals surface area contributed by atoms with E-state index in [9.17, 15) is 0 Å². The minimum absolute atomic E-state index is 0.642. The number of hydrogen-bond donors (Lipinski definition) is 1. The first-order valence-electron chi connectivity index (χ1n) is 5.74. The highest BCUT2D eigenvalue weighted by molar-refractivity contribution is 7.07. The van der Waals surface area contributed by atoms with Crippen molar-refractivity contribution in [2.24, 2.45) is 0 Å². The second kappa shape index (κ2) is 5.10. The molecule has 84 valence electrons. The lowest BCUT2D eigenvalue weighted by atomic mass is 10.1. The summed E-state index contributed by atoms with van der Waals surface area (Å²) in [6.45, 7) is 8.12. The van der Waals surface area contributed by atoms with E-state index in [0.29, 0.717) is 12.1 Å². The van der Waals surface area contributed by atoms with E-state index in [1.165, 1.54) is 25.1 Å². The molecule has 0 amide bonds. The number of piperazine rings is 1. The molecule has 2 rings (SSSR count). The molecule has 1 fully saturated rings. The fourth-order valence-electron chi connectivity index (χ4n) is 2.24. The molecule has 0 bridgehead atoms. The molecule has 0 radical (unpaired) electrons. The Morgan fingerprint density at radius 2 is 2.53 bits per heavy atom. The quantitative estimate of drug-likeness (QED) is 0.844. The molecule has 1 aliphatic heterocycles. The van der Waals surface area contributed by atoms with Gasteiger partial charge in [0.05, 0.1) is 0 Å². The molecule has 15 heavy (non-hydrogen) atoms. The third-order valence-corrected chi connectivity index (χ3v) is 3.87. The lowest BCUT2D eigenvalue weighted by molar-refractivity contribution is 0.157. The van der Waals surface area contributed by atoms with E-state index in [-0.39, 0.29) is 0 Å². The van der Waals surface area contributed by atoms with Crippen LogP contribution >= 0.6 is 11.3 Å². The van der Waals surface area contributed by atoms with E-state index in [2.05, 4.69) is 40.9 Å². The summed E-state index contributed by atoms with van der Waals surface area (Å²) in [7, 11) is 0. The van der Waals surface area contributed by atoms with Crippen LogP contribution in [0.1, 0.15) is 19.4 Å². The molecule has 3 heteroatoms. The molecule has 1 aliphatic rings. The Labute approximate surface area is 96.3 Å². The summed E-state index contributed by atoms with van der Waals surface area (Å²) in [5.74, 6) is 0. The summed E-state index contributed by atoms with van der Waals surface area (Å²) in [6, 6.07) is 3.56. The van der Waals surface area contributed by atoms with Gasteiger partial charge in [-0.2, -0.15) is 11.3 Å². The molecule has 0 aromatic carbocycles. The zero-order chi connectivity index (χ0) is 10.7. The van der Waals surface area contributed by atoms with E-state index < -0.39 is 0 Å². The lowest BCUT2D eigenvalue weighted by Gasteiger charge is -2.36. The van der Waals surface area contributed by atoms with Crippen LogP contribution in [0.5, 0.6) is 0 Å². The monoisotopic (exact) mass is 224 g/mol. The van der Waals surface area contributed by atoms with Crippen molar-refractivity contribution in [2.75, 3.05) is 19.6 Å². The van der Waals surface area contributed by atoms with Gasteiger partial charge in [0.25, 0.3) is 0 Å². The Balaban J connectivity index is 1.87. The van der Waals surface area contributed by atoms with Crippen LogP contribution in [0.4, 0.5) is 0 Å². The van der Waals surface area contributed by atoms with Crippen molar-refractivity contribution >= 4 is 11.3 Å². The SMILES string of the molecule is CC(Cc1ccsc1)N1CCN[C@H](C)C1. The van der Waals surface area contributed by atoms with Gasteiger partial charge in [-0.05, 0) is 42.7 Å². The zero-order valence-corrected chi connectivity index (χ0v) is 10.4. The van der Waals surface area contributed by atoms with E-state index in [4.69, 9.17) is 0 Å². The standard InChI is InChI=1S/C12H20N2S/c1-10-8-14(5-4-13-10)11(2)7-12-3-6-15-9-12/h3,6,9-11,13H,4-5,7-8H2,1-2H3/t10-,11?/m1/s1. The Kier molecular flexibility index (Phi) is 3.78. The van der Waals surface area contributed by atoms with Gasteiger partial charge >= 0.3 is 0 Å². The van der Waals surface area contributed by atoms with E-state index in [1.54, 1.807) is 11.3 Å². The van der Waals surface area contributed by atoms with Gasteiger partial charge in [-0.15, -0.1) is 0 Å².